The van der Waals surface area contributed by atoms with E-state index in [2.05, 4.69) is 5.32 Å². The van der Waals surface area contributed by atoms with Crippen LogP contribution in [0.5, 0.6) is 0 Å². The smallest absolute Gasteiger partial charge is 0.244 e. The molecule has 0 heterocycles. The van der Waals surface area contributed by atoms with E-state index in [1.165, 1.54) is 4.90 Å². The van der Waals surface area contributed by atoms with Crippen LogP contribution in [0.25, 0.3) is 0 Å². The predicted octanol–water partition coefficient (Wildman–Crippen LogP) is 3.45. The monoisotopic (exact) mass is 487 g/mol. The van der Waals surface area contributed by atoms with E-state index in [0.717, 1.165) is 40.1 Å². The van der Waals surface area contributed by atoms with E-state index in [1.807, 2.05) is 57.2 Å². The van der Waals surface area contributed by atoms with Crippen molar-refractivity contribution in [2.45, 2.75) is 53.0 Å². The summed E-state index contributed by atoms with van der Waals surface area (Å²) in [6, 6.07) is 14.4. The number of nitrogens with one attached hydrogen (secondary N) is 1. The van der Waals surface area contributed by atoms with Gasteiger partial charge in [0.05, 0.1) is 11.9 Å². The Bertz CT molecular complexity index is 1050. The highest BCUT2D eigenvalue weighted by molar-refractivity contribution is 7.92. The fraction of sp³-hybridized carbons (Fsp3) is 0.462. The van der Waals surface area contributed by atoms with Crippen LogP contribution in [0.15, 0.2) is 48.5 Å². The molecule has 1 atom stereocenters. The number of carbonyl (C=O) groups excluding carboxylic acids is 2. The number of aryl methyl sites for hydroxylation is 2. The van der Waals surface area contributed by atoms with E-state index in [-0.39, 0.29) is 12.5 Å². The van der Waals surface area contributed by atoms with Gasteiger partial charge in [-0.1, -0.05) is 49.7 Å². The number of unbranched alkanes of at least 4 members (excludes halogenated alkanes) is 1. The lowest BCUT2D eigenvalue weighted by Gasteiger charge is -2.31. The first kappa shape index (κ1) is 27.4. The van der Waals surface area contributed by atoms with Crippen molar-refractivity contribution in [2.24, 2.45) is 0 Å². The summed E-state index contributed by atoms with van der Waals surface area (Å²) in [6.07, 6.45) is 3.45. The Balaban J connectivity index is 2.30. The van der Waals surface area contributed by atoms with Gasteiger partial charge in [-0.15, -0.1) is 0 Å². The van der Waals surface area contributed by atoms with E-state index >= 15 is 0 Å². The zero-order valence-corrected chi connectivity index (χ0v) is 21.7. The van der Waals surface area contributed by atoms with Gasteiger partial charge in [-0.2, -0.15) is 0 Å². The van der Waals surface area contributed by atoms with Crippen molar-refractivity contribution in [3.8, 4) is 0 Å². The first-order valence-electron chi connectivity index (χ1n) is 11.7. The fourth-order valence-corrected chi connectivity index (χ4v) is 4.65. The zero-order valence-electron chi connectivity index (χ0n) is 20.9. The maximum absolute atomic E-state index is 13.5. The highest BCUT2D eigenvalue weighted by Gasteiger charge is 2.29. The Morgan fingerprint density at radius 1 is 1.03 bits per heavy atom. The summed E-state index contributed by atoms with van der Waals surface area (Å²) in [4.78, 5) is 27.7. The molecule has 0 spiro atoms. The lowest BCUT2D eigenvalue weighted by molar-refractivity contribution is -0.138. The molecular weight excluding hydrogens is 450 g/mol. The van der Waals surface area contributed by atoms with Gasteiger partial charge in [0.2, 0.25) is 21.8 Å². The average Bonchev–Trinajstić information content (AvgIpc) is 2.76. The van der Waals surface area contributed by atoms with Crippen LogP contribution < -0.4 is 9.62 Å². The van der Waals surface area contributed by atoms with Gasteiger partial charge in [0, 0.05) is 13.1 Å². The van der Waals surface area contributed by atoms with Crippen molar-refractivity contribution in [1.29, 1.82) is 0 Å². The molecule has 0 aliphatic rings. The van der Waals surface area contributed by atoms with Crippen LogP contribution in [0.3, 0.4) is 0 Å². The minimum absolute atomic E-state index is 0.243. The van der Waals surface area contributed by atoms with E-state index < -0.39 is 22.0 Å². The molecule has 2 amide bonds. The summed E-state index contributed by atoms with van der Waals surface area (Å²) in [7, 11) is -3.73. The largest absolute Gasteiger partial charge is 0.354 e. The third-order valence-electron chi connectivity index (χ3n) is 5.65. The molecule has 0 aliphatic carbocycles. The molecule has 2 rings (SSSR count). The molecule has 0 aliphatic heterocycles. The van der Waals surface area contributed by atoms with Crippen molar-refractivity contribution in [2.75, 3.05) is 30.2 Å². The van der Waals surface area contributed by atoms with Crippen molar-refractivity contribution in [3.63, 3.8) is 0 Å². The number of rotatable bonds is 12. The first-order chi connectivity index (χ1) is 16.0. The maximum Gasteiger partial charge on any atom is 0.244 e. The number of benzene rings is 2. The SMILES string of the molecule is CCCCNC(=O)[C@H](C)N(CCc1ccccc1)C(=O)CN(c1cc(C)cc(C)c1)S(C)(=O)=O. The Kier molecular flexibility index (Phi) is 10.1. The van der Waals surface area contributed by atoms with Crippen LogP contribution in [0.2, 0.25) is 0 Å². The zero-order chi connectivity index (χ0) is 25.3. The fourth-order valence-electron chi connectivity index (χ4n) is 3.81. The van der Waals surface area contributed by atoms with Crippen LogP contribution in [-0.4, -0.2) is 57.1 Å². The molecule has 0 saturated carbocycles. The minimum Gasteiger partial charge on any atom is -0.354 e. The summed E-state index contributed by atoms with van der Waals surface area (Å²) in [5.74, 6) is -0.661. The van der Waals surface area contributed by atoms with Gasteiger partial charge in [0.15, 0.2) is 0 Å². The van der Waals surface area contributed by atoms with Gasteiger partial charge in [-0.3, -0.25) is 13.9 Å². The van der Waals surface area contributed by atoms with E-state index in [0.29, 0.717) is 25.2 Å². The van der Waals surface area contributed by atoms with Crippen LogP contribution in [-0.2, 0) is 26.0 Å². The number of anilines is 1. The number of hydrogen-bond donors (Lipinski definition) is 1. The van der Waals surface area contributed by atoms with Crippen molar-refractivity contribution in [1.82, 2.24) is 10.2 Å². The quantitative estimate of drug-likeness (QED) is 0.465. The summed E-state index contributed by atoms with van der Waals surface area (Å²) in [5.41, 5.74) is 3.28. The molecule has 0 radical (unpaired) electrons. The molecule has 0 unspecified atom stereocenters. The minimum atomic E-state index is -3.73. The third kappa shape index (κ3) is 8.17. The molecule has 0 bridgehead atoms. The summed E-state index contributed by atoms with van der Waals surface area (Å²) < 4.78 is 26.4. The Morgan fingerprint density at radius 3 is 2.21 bits per heavy atom. The van der Waals surface area contributed by atoms with Gasteiger partial charge in [0.1, 0.15) is 12.6 Å². The van der Waals surface area contributed by atoms with Crippen LogP contribution in [0, 0.1) is 13.8 Å². The maximum atomic E-state index is 13.5. The normalized spacial score (nSPS) is 12.1. The van der Waals surface area contributed by atoms with Crippen molar-refractivity contribution < 1.29 is 18.0 Å². The van der Waals surface area contributed by atoms with Gasteiger partial charge >= 0.3 is 0 Å². The highest BCUT2D eigenvalue weighted by Crippen LogP contribution is 2.22. The average molecular weight is 488 g/mol. The number of carbonyl (C=O) groups is 2. The van der Waals surface area contributed by atoms with Crippen molar-refractivity contribution >= 4 is 27.5 Å². The molecule has 2 aromatic rings. The molecule has 8 heteroatoms. The predicted molar refractivity (Wildman–Crippen MR) is 137 cm³/mol. The van der Waals surface area contributed by atoms with Gasteiger partial charge in [-0.05, 0) is 62.4 Å². The molecule has 34 heavy (non-hydrogen) atoms. The Hall–Kier alpha value is -2.87. The second kappa shape index (κ2) is 12.6. The van der Waals surface area contributed by atoms with Crippen LogP contribution in [0.1, 0.15) is 43.4 Å². The molecular formula is C26H37N3O4S. The first-order valence-corrected chi connectivity index (χ1v) is 13.5. The summed E-state index contributed by atoms with van der Waals surface area (Å²) in [6.45, 7) is 7.96. The standard InChI is InChI=1S/C26H37N3O4S/c1-6-7-14-27-26(31)22(4)28(15-13-23-11-9-8-10-12-23)25(30)19-29(34(5,32)33)24-17-20(2)16-21(3)18-24/h8-12,16-18,22H,6-7,13-15,19H2,1-5H3,(H,27,31)/t22-/m0/s1. The van der Waals surface area contributed by atoms with Crippen LogP contribution >= 0.6 is 0 Å². The Labute approximate surface area is 204 Å². The lowest BCUT2D eigenvalue weighted by Crippen LogP contribution is -2.52. The molecule has 0 saturated heterocycles. The summed E-state index contributed by atoms with van der Waals surface area (Å²) >= 11 is 0. The van der Waals surface area contributed by atoms with Crippen molar-refractivity contribution in [3.05, 3.63) is 65.2 Å². The second-order valence-corrected chi connectivity index (χ2v) is 10.7. The molecule has 2 aromatic carbocycles. The number of hydrogen-bond acceptors (Lipinski definition) is 4. The highest BCUT2D eigenvalue weighted by atomic mass is 32.2. The molecule has 1 N–H and O–H groups in total. The number of nitrogens with zero attached hydrogens (tertiary/aromatic N) is 2. The topological polar surface area (TPSA) is 86.8 Å². The van der Waals surface area contributed by atoms with Gasteiger partial charge < -0.3 is 10.2 Å². The third-order valence-corrected chi connectivity index (χ3v) is 6.80. The lowest BCUT2D eigenvalue weighted by atomic mass is 10.1. The second-order valence-electron chi connectivity index (χ2n) is 8.76. The molecule has 186 valence electrons. The van der Waals surface area contributed by atoms with E-state index in [9.17, 15) is 18.0 Å². The number of amides is 2. The molecule has 0 fully saturated rings. The van der Waals surface area contributed by atoms with E-state index in [4.69, 9.17) is 0 Å². The van der Waals surface area contributed by atoms with Gasteiger partial charge in [-0.25, -0.2) is 8.42 Å². The Morgan fingerprint density at radius 2 is 1.65 bits per heavy atom. The van der Waals surface area contributed by atoms with E-state index in [1.54, 1.807) is 19.1 Å². The molecule has 7 nitrogen and oxygen atoms in total. The molecule has 0 aromatic heterocycles. The van der Waals surface area contributed by atoms with Crippen LogP contribution in [0.4, 0.5) is 5.69 Å². The van der Waals surface area contributed by atoms with Gasteiger partial charge in [0.25, 0.3) is 0 Å². The number of sulfonamides is 1. The summed E-state index contributed by atoms with van der Waals surface area (Å²) in [5, 5.41) is 2.88.